The smallest absolute Gasteiger partial charge is 0.149 e. The third-order valence-electron chi connectivity index (χ3n) is 3.58. The van der Waals surface area contributed by atoms with Gasteiger partial charge in [-0.2, -0.15) is 0 Å². The largest absolute Gasteiger partial charge is 0.352 e. The van der Waals surface area contributed by atoms with Crippen LogP contribution in [-0.2, 0) is 6.42 Å². The molecule has 0 bridgehead atoms. The Morgan fingerprint density at radius 2 is 2.05 bits per heavy atom. The normalized spacial score (nSPS) is 18.8. The Hall–Kier alpha value is -1.61. The molecule has 19 heavy (non-hydrogen) atoms. The molecule has 1 aromatic carbocycles. The van der Waals surface area contributed by atoms with Crippen molar-refractivity contribution in [2.45, 2.75) is 25.3 Å². The summed E-state index contributed by atoms with van der Waals surface area (Å²) >= 11 is 5.93. The van der Waals surface area contributed by atoms with E-state index in [1.54, 1.807) is 12.4 Å². The first-order valence-electron chi connectivity index (χ1n) is 6.61. The number of hydrogen-bond donors (Lipinski definition) is 0. The molecule has 0 N–H and O–H groups in total. The number of nitrogens with zero attached hydrogens (tertiary/aromatic N) is 3. The molecule has 1 saturated heterocycles. The monoisotopic (exact) mass is 273 g/mol. The minimum Gasteiger partial charge on any atom is -0.352 e. The first-order chi connectivity index (χ1) is 9.33. The molecule has 1 atom stereocenters. The predicted molar refractivity (Wildman–Crippen MR) is 77.6 cm³/mol. The van der Waals surface area contributed by atoms with Crippen molar-refractivity contribution in [3.05, 3.63) is 53.4 Å². The zero-order valence-corrected chi connectivity index (χ0v) is 11.4. The fraction of sp³-hybridized carbons (Fsp3) is 0.333. The maximum atomic E-state index is 5.93. The lowest BCUT2D eigenvalue weighted by Gasteiger charge is -2.25. The molecule has 2 aromatic rings. The Morgan fingerprint density at radius 3 is 2.84 bits per heavy atom. The Labute approximate surface area is 118 Å². The van der Waals surface area contributed by atoms with Crippen molar-refractivity contribution in [1.82, 2.24) is 9.97 Å². The van der Waals surface area contributed by atoms with E-state index in [1.165, 1.54) is 18.4 Å². The minimum absolute atomic E-state index is 0.461. The zero-order valence-electron chi connectivity index (χ0n) is 10.7. The zero-order chi connectivity index (χ0) is 13.1. The molecule has 3 nitrogen and oxygen atoms in total. The van der Waals surface area contributed by atoms with E-state index in [4.69, 9.17) is 11.6 Å². The molecule has 4 heteroatoms. The molecule has 1 unspecified atom stereocenters. The van der Waals surface area contributed by atoms with Crippen molar-refractivity contribution in [2.24, 2.45) is 0 Å². The maximum absolute atomic E-state index is 5.93. The van der Waals surface area contributed by atoms with Gasteiger partial charge in [0.05, 0.1) is 12.4 Å². The summed E-state index contributed by atoms with van der Waals surface area (Å²) in [6.45, 7) is 1.03. The highest BCUT2D eigenvalue weighted by Crippen LogP contribution is 2.26. The van der Waals surface area contributed by atoms with Crippen molar-refractivity contribution in [3.63, 3.8) is 0 Å². The van der Waals surface area contributed by atoms with E-state index in [1.807, 2.05) is 0 Å². The van der Waals surface area contributed by atoms with E-state index in [9.17, 15) is 0 Å². The van der Waals surface area contributed by atoms with Gasteiger partial charge >= 0.3 is 0 Å². The summed E-state index contributed by atoms with van der Waals surface area (Å²) < 4.78 is 0. The Morgan fingerprint density at radius 1 is 1.21 bits per heavy atom. The number of aromatic nitrogens is 2. The van der Waals surface area contributed by atoms with Gasteiger partial charge in [0, 0.05) is 12.6 Å². The van der Waals surface area contributed by atoms with Gasteiger partial charge in [0.25, 0.3) is 0 Å². The van der Waals surface area contributed by atoms with Gasteiger partial charge in [-0.05, 0) is 24.8 Å². The number of rotatable bonds is 3. The summed E-state index contributed by atoms with van der Waals surface area (Å²) in [5, 5.41) is 0.461. The summed E-state index contributed by atoms with van der Waals surface area (Å²) in [5.41, 5.74) is 1.37. The molecule has 2 heterocycles. The summed E-state index contributed by atoms with van der Waals surface area (Å²) in [5.74, 6) is 0.894. The summed E-state index contributed by atoms with van der Waals surface area (Å²) in [7, 11) is 0. The molecule has 98 valence electrons. The highest BCUT2D eigenvalue weighted by Gasteiger charge is 2.26. The standard InChI is InChI=1S/C15H16ClN3/c16-14-10-17-11-15(18-14)19-8-4-7-13(19)9-12-5-2-1-3-6-12/h1-3,5-6,10-11,13H,4,7-9H2. The lowest BCUT2D eigenvalue weighted by molar-refractivity contribution is 0.657. The molecule has 0 radical (unpaired) electrons. The minimum atomic E-state index is 0.461. The molecule has 1 aliphatic rings. The van der Waals surface area contributed by atoms with E-state index in [-0.39, 0.29) is 0 Å². The van der Waals surface area contributed by atoms with Gasteiger partial charge in [0.1, 0.15) is 11.0 Å². The van der Waals surface area contributed by atoms with E-state index < -0.39 is 0 Å². The fourth-order valence-electron chi connectivity index (χ4n) is 2.71. The molecule has 0 amide bonds. The summed E-state index contributed by atoms with van der Waals surface area (Å²) in [6.07, 6.45) is 6.83. The van der Waals surface area contributed by atoms with E-state index in [0.717, 1.165) is 18.8 Å². The molecular weight excluding hydrogens is 258 g/mol. The van der Waals surface area contributed by atoms with Crippen LogP contribution < -0.4 is 4.90 Å². The van der Waals surface area contributed by atoms with E-state index in [2.05, 4.69) is 45.2 Å². The van der Waals surface area contributed by atoms with Crippen LogP contribution in [0.4, 0.5) is 5.82 Å². The quantitative estimate of drug-likeness (QED) is 0.859. The maximum Gasteiger partial charge on any atom is 0.149 e. The second-order valence-corrected chi connectivity index (χ2v) is 5.27. The van der Waals surface area contributed by atoms with Crippen molar-refractivity contribution in [2.75, 3.05) is 11.4 Å². The van der Waals surface area contributed by atoms with Crippen LogP contribution in [0, 0.1) is 0 Å². The topological polar surface area (TPSA) is 29.0 Å². The molecular formula is C15H16ClN3. The van der Waals surface area contributed by atoms with Gasteiger partial charge in [-0.1, -0.05) is 41.9 Å². The molecule has 0 spiro atoms. The van der Waals surface area contributed by atoms with Crippen LogP contribution in [0.1, 0.15) is 18.4 Å². The van der Waals surface area contributed by atoms with Crippen LogP contribution in [0.5, 0.6) is 0 Å². The average molecular weight is 274 g/mol. The number of halogens is 1. The Balaban J connectivity index is 1.78. The van der Waals surface area contributed by atoms with Gasteiger partial charge in [-0.3, -0.25) is 4.98 Å². The molecule has 3 rings (SSSR count). The highest BCUT2D eigenvalue weighted by atomic mass is 35.5. The molecule has 1 fully saturated rings. The lowest BCUT2D eigenvalue weighted by atomic mass is 10.0. The summed E-state index contributed by atoms with van der Waals surface area (Å²) in [4.78, 5) is 10.8. The number of hydrogen-bond acceptors (Lipinski definition) is 3. The number of benzene rings is 1. The lowest BCUT2D eigenvalue weighted by Crippen LogP contribution is -2.31. The van der Waals surface area contributed by atoms with E-state index >= 15 is 0 Å². The van der Waals surface area contributed by atoms with Crippen LogP contribution >= 0.6 is 11.6 Å². The molecule has 1 aromatic heterocycles. The molecule has 0 saturated carbocycles. The number of anilines is 1. The third-order valence-corrected chi connectivity index (χ3v) is 3.76. The van der Waals surface area contributed by atoms with Gasteiger partial charge in [-0.25, -0.2) is 4.98 Å². The fourth-order valence-corrected chi connectivity index (χ4v) is 2.85. The predicted octanol–water partition coefficient (Wildman–Crippen LogP) is 3.34. The van der Waals surface area contributed by atoms with Crippen LogP contribution in [0.15, 0.2) is 42.7 Å². The SMILES string of the molecule is Clc1cncc(N2CCCC2Cc2ccccc2)n1. The van der Waals surface area contributed by atoms with Gasteiger partial charge in [0.2, 0.25) is 0 Å². The molecule has 0 aliphatic carbocycles. The second kappa shape index (κ2) is 5.57. The van der Waals surface area contributed by atoms with Crippen LogP contribution in [0.25, 0.3) is 0 Å². The third kappa shape index (κ3) is 2.87. The van der Waals surface area contributed by atoms with Crippen molar-refractivity contribution < 1.29 is 0 Å². The molecule has 1 aliphatic heterocycles. The van der Waals surface area contributed by atoms with E-state index in [0.29, 0.717) is 11.2 Å². The Kier molecular flexibility index (Phi) is 3.65. The van der Waals surface area contributed by atoms with Crippen molar-refractivity contribution >= 4 is 17.4 Å². The second-order valence-electron chi connectivity index (χ2n) is 4.88. The first kappa shape index (κ1) is 12.4. The van der Waals surface area contributed by atoms with Gasteiger partial charge < -0.3 is 4.90 Å². The van der Waals surface area contributed by atoms with Crippen molar-refractivity contribution in [3.8, 4) is 0 Å². The summed E-state index contributed by atoms with van der Waals surface area (Å²) in [6, 6.07) is 11.1. The van der Waals surface area contributed by atoms with Crippen LogP contribution in [0.2, 0.25) is 5.15 Å². The Bertz CT molecular complexity index is 544. The van der Waals surface area contributed by atoms with Gasteiger partial charge in [0.15, 0.2) is 0 Å². The first-order valence-corrected chi connectivity index (χ1v) is 6.99. The van der Waals surface area contributed by atoms with Crippen molar-refractivity contribution in [1.29, 1.82) is 0 Å². The highest BCUT2D eigenvalue weighted by molar-refractivity contribution is 6.29. The van der Waals surface area contributed by atoms with Crippen LogP contribution in [-0.4, -0.2) is 22.6 Å². The van der Waals surface area contributed by atoms with Gasteiger partial charge in [-0.15, -0.1) is 0 Å². The van der Waals surface area contributed by atoms with Crippen LogP contribution in [0.3, 0.4) is 0 Å². The average Bonchev–Trinajstić information content (AvgIpc) is 2.88.